The first-order valence-corrected chi connectivity index (χ1v) is 6.84. The molecule has 0 spiro atoms. The van der Waals surface area contributed by atoms with Gasteiger partial charge in [0.05, 0.1) is 17.3 Å². The minimum absolute atomic E-state index is 0.0821. The van der Waals surface area contributed by atoms with E-state index in [1.807, 2.05) is 44.2 Å². The van der Waals surface area contributed by atoms with Crippen LogP contribution >= 0.6 is 0 Å². The molecule has 0 fully saturated rings. The smallest absolute Gasteiger partial charge is 0.319 e. The second-order valence-corrected chi connectivity index (χ2v) is 4.98. The van der Waals surface area contributed by atoms with Crippen molar-refractivity contribution in [1.82, 2.24) is 5.32 Å². The predicted octanol–water partition coefficient (Wildman–Crippen LogP) is 3.89. The van der Waals surface area contributed by atoms with Gasteiger partial charge in [0.2, 0.25) is 0 Å². The van der Waals surface area contributed by atoms with Crippen LogP contribution < -0.4 is 10.6 Å². The Bertz CT molecular complexity index is 737. The molecule has 0 aliphatic heterocycles. The highest BCUT2D eigenvalue weighted by molar-refractivity contribution is 5.91. The SMILES string of the molecule is Cc1ccccc1C(C)NC(=O)Nc1ccc(F)cc1C#N. The molecular formula is C17H16FN3O. The molecule has 2 aromatic rings. The van der Waals surface area contributed by atoms with Gasteiger partial charge in [-0.15, -0.1) is 0 Å². The second kappa shape index (κ2) is 6.72. The number of anilines is 1. The summed E-state index contributed by atoms with van der Waals surface area (Å²) >= 11 is 0. The van der Waals surface area contributed by atoms with Gasteiger partial charge in [0.1, 0.15) is 11.9 Å². The number of aryl methyl sites for hydroxylation is 1. The lowest BCUT2D eigenvalue weighted by Gasteiger charge is -2.17. The number of nitrogens with one attached hydrogen (secondary N) is 2. The third kappa shape index (κ3) is 3.61. The summed E-state index contributed by atoms with van der Waals surface area (Å²) in [6.45, 7) is 3.84. The first-order valence-electron chi connectivity index (χ1n) is 6.84. The highest BCUT2D eigenvalue weighted by atomic mass is 19.1. The third-order valence-electron chi connectivity index (χ3n) is 3.35. The normalized spacial score (nSPS) is 11.4. The number of hydrogen-bond acceptors (Lipinski definition) is 2. The average Bonchev–Trinajstić information content (AvgIpc) is 2.49. The summed E-state index contributed by atoms with van der Waals surface area (Å²) in [7, 11) is 0. The number of nitrogens with zero attached hydrogens (tertiary/aromatic N) is 1. The van der Waals surface area contributed by atoms with Crippen molar-refractivity contribution in [3.8, 4) is 6.07 Å². The first kappa shape index (κ1) is 15.5. The maximum atomic E-state index is 13.1. The monoisotopic (exact) mass is 297 g/mol. The lowest BCUT2D eigenvalue weighted by atomic mass is 10.0. The molecule has 0 radical (unpaired) electrons. The van der Waals surface area contributed by atoms with Gasteiger partial charge >= 0.3 is 6.03 Å². The van der Waals surface area contributed by atoms with E-state index in [2.05, 4.69) is 10.6 Å². The molecule has 0 saturated carbocycles. The van der Waals surface area contributed by atoms with Crippen LogP contribution in [0.5, 0.6) is 0 Å². The fourth-order valence-electron chi connectivity index (χ4n) is 2.22. The Labute approximate surface area is 128 Å². The Morgan fingerprint density at radius 3 is 2.68 bits per heavy atom. The zero-order valence-corrected chi connectivity index (χ0v) is 12.4. The summed E-state index contributed by atoms with van der Waals surface area (Å²) in [5.41, 5.74) is 2.45. The van der Waals surface area contributed by atoms with Crippen LogP contribution in [0.15, 0.2) is 42.5 Å². The quantitative estimate of drug-likeness (QED) is 0.902. The van der Waals surface area contributed by atoms with Crippen LogP contribution in [0, 0.1) is 24.1 Å². The number of rotatable bonds is 3. The van der Waals surface area contributed by atoms with Crippen molar-refractivity contribution in [2.45, 2.75) is 19.9 Å². The van der Waals surface area contributed by atoms with E-state index in [1.165, 1.54) is 12.1 Å². The topological polar surface area (TPSA) is 64.9 Å². The Hall–Kier alpha value is -2.87. The molecule has 112 valence electrons. The number of amides is 2. The molecule has 2 aromatic carbocycles. The highest BCUT2D eigenvalue weighted by Gasteiger charge is 2.13. The summed E-state index contributed by atoms with van der Waals surface area (Å²) in [5.74, 6) is -0.518. The van der Waals surface area contributed by atoms with Crippen LogP contribution in [-0.2, 0) is 0 Å². The molecule has 0 saturated heterocycles. The average molecular weight is 297 g/mol. The summed E-state index contributed by atoms with van der Waals surface area (Å²) in [5, 5.41) is 14.3. The van der Waals surface area contributed by atoms with Crippen molar-refractivity contribution in [3.63, 3.8) is 0 Å². The second-order valence-electron chi connectivity index (χ2n) is 4.98. The molecule has 5 heteroatoms. The zero-order chi connectivity index (χ0) is 16.1. The van der Waals surface area contributed by atoms with Gasteiger partial charge < -0.3 is 10.6 Å². The number of carbonyl (C=O) groups is 1. The molecule has 4 nitrogen and oxygen atoms in total. The van der Waals surface area contributed by atoms with Gasteiger partial charge in [-0.25, -0.2) is 9.18 Å². The molecule has 0 aliphatic carbocycles. The van der Waals surface area contributed by atoms with Crippen LogP contribution in [0.3, 0.4) is 0 Å². The molecule has 2 N–H and O–H groups in total. The third-order valence-corrected chi connectivity index (χ3v) is 3.35. The molecule has 0 bridgehead atoms. The fraction of sp³-hybridized carbons (Fsp3) is 0.176. The van der Waals surface area contributed by atoms with E-state index in [4.69, 9.17) is 5.26 Å². The summed E-state index contributed by atoms with van der Waals surface area (Å²) in [6, 6.07) is 12.6. The van der Waals surface area contributed by atoms with Crippen LogP contribution in [0.2, 0.25) is 0 Å². The number of carbonyl (C=O) groups excluding carboxylic acids is 1. The Balaban J connectivity index is 2.08. The van der Waals surface area contributed by atoms with Gasteiger partial charge in [0.25, 0.3) is 0 Å². The van der Waals surface area contributed by atoms with Crippen molar-refractivity contribution in [3.05, 3.63) is 65.0 Å². The van der Waals surface area contributed by atoms with E-state index >= 15 is 0 Å². The lowest BCUT2D eigenvalue weighted by Crippen LogP contribution is -2.31. The summed E-state index contributed by atoms with van der Waals surface area (Å²) < 4.78 is 13.1. The number of halogens is 1. The first-order chi connectivity index (χ1) is 10.5. The minimum atomic E-state index is -0.518. The van der Waals surface area contributed by atoms with Gasteiger partial charge in [-0.05, 0) is 43.2 Å². The van der Waals surface area contributed by atoms with E-state index < -0.39 is 11.8 Å². The molecule has 22 heavy (non-hydrogen) atoms. The highest BCUT2D eigenvalue weighted by Crippen LogP contribution is 2.18. The van der Waals surface area contributed by atoms with Gasteiger partial charge in [-0.3, -0.25) is 0 Å². The Morgan fingerprint density at radius 1 is 1.27 bits per heavy atom. The zero-order valence-electron chi connectivity index (χ0n) is 12.4. The van der Waals surface area contributed by atoms with Gasteiger partial charge in [0, 0.05) is 0 Å². The molecule has 2 amide bonds. The molecule has 0 heterocycles. The Kier molecular flexibility index (Phi) is 4.74. The number of nitriles is 1. The van der Waals surface area contributed by atoms with E-state index in [0.29, 0.717) is 0 Å². The molecule has 0 aliphatic rings. The molecule has 2 rings (SSSR count). The maximum Gasteiger partial charge on any atom is 0.319 e. The van der Waals surface area contributed by atoms with Crippen LogP contribution in [0.1, 0.15) is 29.7 Å². The Morgan fingerprint density at radius 2 is 2.00 bits per heavy atom. The van der Waals surface area contributed by atoms with Gasteiger partial charge in [-0.1, -0.05) is 24.3 Å². The van der Waals surface area contributed by atoms with E-state index in [-0.39, 0.29) is 17.3 Å². The van der Waals surface area contributed by atoms with E-state index in [9.17, 15) is 9.18 Å². The fourth-order valence-corrected chi connectivity index (χ4v) is 2.22. The summed E-state index contributed by atoms with van der Waals surface area (Å²) in [6.07, 6.45) is 0. The molecule has 1 atom stereocenters. The predicted molar refractivity (Wildman–Crippen MR) is 82.9 cm³/mol. The molecule has 0 aromatic heterocycles. The maximum absolute atomic E-state index is 13.1. The van der Waals surface area contributed by atoms with E-state index in [1.54, 1.807) is 0 Å². The standard InChI is InChI=1S/C17H16FN3O/c1-11-5-3-4-6-15(11)12(2)20-17(22)21-16-8-7-14(18)9-13(16)10-19/h3-9,12H,1-2H3,(H2,20,21,22). The van der Waals surface area contributed by atoms with Crippen LogP contribution in [-0.4, -0.2) is 6.03 Å². The van der Waals surface area contributed by atoms with Crippen LogP contribution in [0.4, 0.5) is 14.9 Å². The molecular weight excluding hydrogens is 281 g/mol. The van der Waals surface area contributed by atoms with Crippen molar-refractivity contribution in [2.24, 2.45) is 0 Å². The molecule has 1 unspecified atom stereocenters. The number of benzene rings is 2. The van der Waals surface area contributed by atoms with Crippen molar-refractivity contribution < 1.29 is 9.18 Å². The lowest BCUT2D eigenvalue weighted by molar-refractivity contribution is 0.249. The van der Waals surface area contributed by atoms with Gasteiger partial charge in [0.15, 0.2) is 0 Å². The number of hydrogen-bond donors (Lipinski definition) is 2. The summed E-state index contributed by atoms with van der Waals surface area (Å²) in [4.78, 5) is 12.0. The van der Waals surface area contributed by atoms with Crippen molar-refractivity contribution in [2.75, 3.05) is 5.32 Å². The van der Waals surface area contributed by atoms with Crippen molar-refractivity contribution in [1.29, 1.82) is 5.26 Å². The van der Waals surface area contributed by atoms with Crippen molar-refractivity contribution >= 4 is 11.7 Å². The van der Waals surface area contributed by atoms with Gasteiger partial charge in [-0.2, -0.15) is 5.26 Å². The largest absolute Gasteiger partial charge is 0.331 e. The number of urea groups is 1. The minimum Gasteiger partial charge on any atom is -0.331 e. The van der Waals surface area contributed by atoms with E-state index in [0.717, 1.165) is 17.2 Å². The van der Waals surface area contributed by atoms with Crippen LogP contribution in [0.25, 0.3) is 0 Å².